The summed E-state index contributed by atoms with van der Waals surface area (Å²) in [5.41, 5.74) is 0.987. The molecule has 0 spiro atoms. The van der Waals surface area contributed by atoms with Crippen LogP contribution in [0.3, 0.4) is 0 Å². The SMILES string of the molecule is COc1ccc2nnc(CNC(=O)c3csc(C)n3)n2n1. The van der Waals surface area contributed by atoms with Crippen molar-refractivity contribution in [2.24, 2.45) is 0 Å². The molecule has 0 aliphatic heterocycles. The van der Waals surface area contributed by atoms with Gasteiger partial charge >= 0.3 is 0 Å². The molecular weight excluding hydrogens is 292 g/mol. The maximum Gasteiger partial charge on any atom is 0.271 e. The standard InChI is InChI=1S/C12H12N6O2S/c1-7-14-8(6-21-7)12(19)13-5-10-16-15-9-3-4-11(20-2)17-18(9)10/h3-4,6H,5H2,1-2H3,(H,13,19). The van der Waals surface area contributed by atoms with Crippen LogP contribution in [-0.2, 0) is 6.54 Å². The molecule has 0 radical (unpaired) electrons. The lowest BCUT2D eigenvalue weighted by molar-refractivity contribution is 0.0945. The van der Waals surface area contributed by atoms with Gasteiger partial charge in [-0.25, -0.2) is 4.98 Å². The van der Waals surface area contributed by atoms with Crippen molar-refractivity contribution >= 4 is 22.9 Å². The van der Waals surface area contributed by atoms with E-state index in [1.54, 1.807) is 17.5 Å². The fourth-order valence-corrected chi connectivity index (χ4v) is 2.35. The smallest absolute Gasteiger partial charge is 0.271 e. The Bertz CT molecular complexity index is 796. The van der Waals surface area contributed by atoms with Gasteiger partial charge in [0.1, 0.15) is 5.69 Å². The van der Waals surface area contributed by atoms with Crippen molar-refractivity contribution in [1.82, 2.24) is 30.1 Å². The van der Waals surface area contributed by atoms with Gasteiger partial charge in [0.25, 0.3) is 5.91 Å². The number of carbonyl (C=O) groups excluding carboxylic acids is 1. The Labute approximate surface area is 123 Å². The minimum absolute atomic E-state index is 0.205. The molecule has 9 heteroatoms. The summed E-state index contributed by atoms with van der Waals surface area (Å²) in [7, 11) is 1.53. The van der Waals surface area contributed by atoms with Gasteiger partial charge in [-0.2, -0.15) is 4.52 Å². The van der Waals surface area contributed by atoms with E-state index in [-0.39, 0.29) is 12.5 Å². The molecule has 108 valence electrons. The Morgan fingerprint density at radius 1 is 1.43 bits per heavy atom. The van der Waals surface area contributed by atoms with Crippen molar-refractivity contribution in [2.45, 2.75) is 13.5 Å². The van der Waals surface area contributed by atoms with Gasteiger partial charge in [-0.15, -0.1) is 26.6 Å². The second kappa shape index (κ2) is 5.44. The molecule has 3 heterocycles. The Hall–Kier alpha value is -2.55. The third-order valence-electron chi connectivity index (χ3n) is 2.77. The van der Waals surface area contributed by atoms with Crippen LogP contribution in [0.15, 0.2) is 17.5 Å². The number of rotatable bonds is 4. The number of thiazole rings is 1. The number of aryl methyl sites for hydroxylation is 1. The molecule has 0 saturated carbocycles. The lowest BCUT2D eigenvalue weighted by Gasteiger charge is -2.03. The number of amides is 1. The van der Waals surface area contributed by atoms with E-state index in [2.05, 4.69) is 25.6 Å². The van der Waals surface area contributed by atoms with Crippen molar-refractivity contribution < 1.29 is 9.53 Å². The van der Waals surface area contributed by atoms with Crippen molar-refractivity contribution in [3.63, 3.8) is 0 Å². The first-order chi connectivity index (χ1) is 10.2. The molecule has 0 atom stereocenters. The summed E-state index contributed by atoms with van der Waals surface area (Å²) in [6.07, 6.45) is 0. The average Bonchev–Trinajstić information content (AvgIpc) is 3.10. The van der Waals surface area contributed by atoms with Crippen LogP contribution in [-0.4, -0.2) is 37.8 Å². The fourth-order valence-electron chi connectivity index (χ4n) is 1.75. The third kappa shape index (κ3) is 2.68. The van der Waals surface area contributed by atoms with E-state index >= 15 is 0 Å². The van der Waals surface area contributed by atoms with Gasteiger partial charge in [0.05, 0.1) is 18.7 Å². The van der Waals surface area contributed by atoms with Crippen LogP contribution in [0.2, 0.25) is 0 Å². The van der Waals surface area contributed by atoms with Crippen LogP contribution in [0.25, 0.3) is 5.65 Å². The van der Waals surface area contributed by atoms with Gasteiger partial charge in [0, 0.05) is 11.4 Å². The fraction of sp³-hybridized carbons (Fsp3) is 0.250. The highest BCUT2D eigenvalue weighted by Gasteiger charge is 2.12. The third-order valence-corrected chi connectivity index (χ3v) is 3.54. The molecule has 0 bridgehead atoms. The van der Waals surface area contributed by atoms with E-state index in [0.29, 0.717) is 23.0 Å². The molecule has 0 fully saturated rings. The highest BCUT2D eigenvalue weighted by molar-refractivity contribution is 7.09. The molecule has 0 unspecified atom stereocenters. The van der Waals surface area contributed by atoms with Crippen molar-refractivity contribution in [1.29, 1.82) is 0 Å². The van der Waals surface area contributed by atoms with Crippen LogP contribution in [0, 0.1) is 6.92 Å². The molecule has 0 aliphatic rings. The number of ether oxygens (including phenoxy) is 1. The molecule has 0 aliphatic carbocycles. The molecule has 3 aromatic rings. The minimum Gasteiger partial charge on any atom is -0.480 e. The van der Waals surface area contributed by atoms with Gasteiger partial charge in [0.2, 0.25) is 5.88 Å². The first-order valence-electron chi connectivity index (χ1n) is 6.13. The van der Waals surface area contributed by atoms with E-state index in [0.717, 1.165) is 5.01 Å². The number of fused-ring (bicyclic) bond motifs is 1. The van der Waals surface area contributed by atoms with E-state index < -0.39 is 0 Å². The molecule has 21 heavy (non-hydrogen) atoms. The molecule has 0 saturated heterocycles. The van der Waals surface area contributed by atoms with E-state index in [4.69, 9.17) is 4.74 Å². The van der Waals surface area contributed by atoms with Gasteiger partial charge in [-0.05, 0) is 13.0 Å². The highest BCUT2D eigenvalue weighted by atomic mass is 32.1. The Balaban J connectivity index is 1.77. The normalized spacial score (nSPS) is 10.8. The zero-order valence-corrected chi connectivity index (χ0v) is 12.2. The Morgan fingerprint density at radius 2 is 2.29 bits per heavy atom. The number of nitrogens with one attached hydrogen (secondary N) is 1. The second-order valence-electron chi connectivity index (χ2n) is 4.20. The van der Waals surface area contributed by atoms with Crippen molar-refractivity contribution in [2.75, 3.05) is 7.11 Å². The van der Waals surface area contributed by atoms with Crippen LogP contribution < -0.4 is 10.1 Å². The molecule has 8 nitrogen and oxygen atoms in total. The lowest BCUT2D eigenvalue weighted by Crippen LogP contribution is -2.24. The van der Waals surface area contributed by atoms with E-state index in [1.165, 1.54) is 23.0 Å². The van der Waals surface area contributed by atoms with Crippen LogP contribution >= 0.6 is 11.3 Å². The number of nitrogens with zero attached hydrogens (tertiary/aromatic N) is 5. The summed E-state index contributed by atoms with van der Waals surface area (Å²) in [4.78, 5) is 16.1. The summed E-state index contributed by atoms with van der Waals surface area (Å²) < 4.78 is 6.59. The number of hydrogen-bond acceptors (Lipinski definition) is 7. The van der Waals surface area contributed by atoms with Gasteiger partial charge in [-0.3, -0.25) is 4.79 Å². The summed E-state index contributed by atoms with van der Waals surface area (Å²) in [6.45, 7) is 2.06. The van der Waals surface area contributed by atoms with Gasteiger partial charge in [0.15, 0.2) is 11.5 Å². The number of methoxy groups -OCH3 is 1. The number of carbonyl (C=O) groups is 1. The molecule has 1 amide bonds. The first-order valence-corrected chi connectivity index (χ1v) is 7.01. The zero-order chi connectivity index (χ0) is 14.8. The number of hydrogen-bond donors (Lipinski definition) is 1. The van der Waals surface area contributed by atoms with Crippen LogP contribution in [0.1, 0.15) is 21.3 Å². The molecule has 1 N–H and O–H groups in total. The summed E-state index contributed by atoms with van der Waals surface area (Å²) in [5.74, 6) is 0.716. The number of aromatic nitrogens is 5. The largest absolute Gasteiger partial charge is 0.480 e. The molecule has 3 aromatic heterocycles. The van der Waals surface area contributed by atoms with Gasteiger partial charge < -0.3 is 10.1 Å². The monoisotopic (exact) mass is 304 g/mol. The maximum atomic E-state index is 11.9. The molecule has 3 rings (SSSR count). The predicted octanol–water partition coefficient (Wildman–Crippen LogP) is 0.828. The molecular formula is C12H12N6O2S. The van der Waals surface area contributed by atoms with E-state index in [9.17, 15) is 4.79 Å². The van der Waals surface area contributed by atoms with Gasteiger partial charge in [-0.1, -0.05) is 0 Å². The van der Waals surface area contributed by atoms with Crippen LogP contribution in [0.5, 0.6) is 5.88 Å². The summed E-state index contributed by atoms with van der Waals surface area (Å²) in [6, 6.07) is 3.44. The predicted molar refractivity (Wildman–Crippen MR) is 75.4 cm³/mol. The second-order valence-corrected chi connectivity index (χ2v) is 5.26. The topological polar surface area (TPSA) is 94.3 Å². The average molecular weight is 304 g/mol. The minimum atomic E-state index is -0.251. The lowest BCUT2D eigenvalue weighted by atomic mass is 10.4. The summed E-state index contributed by atoms with van der Waals surface area (Å²) in [5, 5.41) is 17.5. The van der Waals surface area contributed by atoms with Crippen LogP contribution in [0.4, 0.5) is 0 Å². The van der Waals surface area contributed by atoms with E-state index in [1.807, 2.05) is 6.92 Å². The maximum absolute atomic E-state index is 11.9. The Morgan fingerprint density at radius 3 is 3.00 bits per heavy atom. The quantitative estimate of drug-likeness (QED) is 0.767. The molecule has 0 aromatic carbocycles. The highest BCUT2D eigenvalue weighted by Crippen LogP contribution is 2.10. The Kier molecular flexibility index (Phi) is 3.48. The first kappa shape index (κ1) is 13.4. The summed E-state index contributed by atoms with van der Waals surface area (Å²) >= 11 is 1.43. The van der Waals surface area contributed by atoms with Crippen molar-refractivity contribution in [3.8, 4) is 5.88 Å². The van der Waals surface area contributed by atoms with Crippen molar-refractivity contribution in [3.05, 3.63) is 34.0 Å². The zero-order valence-electron chi connectivity index (χ0n) is 11.4.